The van der Waals surface area contributed by atoms with Crippen LogP contribution in [0.3, 0.4) is 0 Å². The molecule has 1 N–H and O–H groups in total. The fraction of sp³-hybridized carbons (Fsp3) is 0.294. The van der Waals surface area contributed by atoms with Crippen molar-refractivity contribution in [3.8, 4) is 11.8 Å². The van der Waals surface area contributed by atoms with Gasteiger partial charge in [0, 0.05) is 13.0 Å². The maximum atomic E-state index is 12.8. The Balaban J connectivity index is 1.76. The molecule has 1 saturated carbocycles. The minimum Gasteiger partial charge on any atom is -0.494 e. The summed E-state index contributed by atoms with van der Waals surface area (Å²) in [5.41, 5.74) is 1.56. The third-order valence-electron chi connectivity index (χ3n) is 4.21. The molecule has 1 fully saturated rings. The van der Waals surface area contributed by atoms with E-state index in [4.69, 9.17) is 10.00 Å². The molecule has 0 atom stereocenters. The summed E-state index contributed by atoms with van der Waals surface area (Å²) in [5, 5.41) is 17.0. The number of hydrogen-bond donors (Lipinski definition) is 1. The van der Waals surface area contributed by atoms with Gasteiger partial charge in [0.2, 0.25) is 0 Å². The molecule has 1 aliphatic rings. The number of ether oxygens (including phenoxy) is 1. The van der Waals surface area contributed by atoms with Crippen LogP contribution in [0.4, 0.5) is 5.82 Å². The van der Waals surface area contributed by atoms with E-state index in [1.807, 2.05) is 6.07 Å². The van der Waals surface area contributed by atoms with Gasteiger partial charge in [-0.15, -0.1) is 11.3 Å². The number of aromatic nitrogens is 3. The first kappa shape index (κ1) is 15.6. The standard InChI is InChI=1S/C17H15N5O2S/c1-22-15(10(7-18)8-19-22)21-16(23)11-5-6-12(24-2)13-14(11)25-17(20-13)9-3-4-9/h5-6,8-9H,3-4H2,1-2H3,(H,21,23). The zero-order valence-corrected chi connectivity index (χ0v) is 14.6. The lowest BCUT2D eigenvalue weighted by molar-refractivity contribution is 0.102. The molecular weight excluding hydrogens is 338 g/mol. The van der Waals surface area contributed by atoms with Crippen molar-refractivity contribution in [1.82, 2.24) is 14.8 Å². The van der Waals surface area contributed by atoms with Gasteiger partial charge in [0.15, 0.2) is 0 Å². The summed E-state index contributed by atoms with van der Waals surface area (Å²) in [6.07, 6.45) is 3.71. The largest absolute Gasteiger partial charge is 0.494 e. The van der Waals surface area contributed by atoms with Crippen molar-refractivity contribution in [2.45, 2.75) is 18.8 Å². The Morgan fingerprint density at radius 2 is 2.28 bits per heavy atom. The molecule has 3 aromatic rings. The van der Waals surface area contributed by atoms with Crippen LogP contribution < -0.4 is 10.1 Å². The highest BCUT2D eigenvalue weighted by Gasteiger charge is 2.29. The average Bonchev–Trinajstić information content (AvgIpc) is 3.28. The highest BCUT2D eigenvalue weighted by Crippen LogP contribution is 2.45. The smallest absolute Gasteiger partial charge is 0.258 e. The van der Waals surface area contributed by atoms with Crippen molar-refractivity contribution >= 4 is 33.3 Å². The van der Waals surface area contributed by atoms with Crippen molar-refractivity contribution in [2.75, 3.05) is 12.4 Å². The van der Waals surface area contributed by atoms with Crippen LogP contribution in [0, 0.1) is 11.3 Å². The van der Waals surface area contributed by atoms with E-state index in [9.17, 15) is 4.79 Å². The number of anilines is 1. The first-order valence-corrected chi connectivity index (χ1v) is 8.65. The molecule has 126 valence electrons. The number of hydrogen-bond acceptors (Lipinski definition) is 6. The fourth-order valence-corrected chi connectivity index (χ4v) is 3.95. The zero-order chi connectivity index (χ0) is 17.6. The molecule has 4 rings (SSSR count). The molecule has 2 aromatic heterocycles. The third-order valence-corrected chi connectivity index (χ3v) is 5.46. The number of rotatable bonds is 4. The molecule has 0 saturated heterocycles. The Labute approximate surface area is 147 Å². The molecule has 0 spiro atoms. The predicted molar refractivity (Wildman–Crippen MR) is 94.0 cm³/mol. The van der Waals surface area contributed by atoms with Crippen molar-refractivity contribution in [3.05, 3.63) is 34.5 Å². The third kappa shape index (κ3) is 2.62. The number of nitriles is 1. The number of carbonyl (C=O) groups is 1. The van der Waals surface area contributed by atoms with E-state index < -0.39 is 0 Å². The quantitative estimate of drug-likeness (QED) is 0.778. The van der Waals surface area contributed by atoms with Gasteiger partial charge in [0.25, 0.3) is 5.91 Å². The summed E-state index contributed by atoms with van der Waals surface area (Å²) in [6, 6.07) is 5.51. The maximum absolute atomic E-state index is 12.8. The second-order valence-electron chi connectivity index (χ2n) is 5.92. The summed E-state index contributed by atoms with van der Waals surface area (Å²) >= 11 is 1.54. The monoisotopic (exact) mass is 353 g/mol. The topological polar surface area (TPSA) is 92.8 Å². The van der Waals surface area contributed by atoms with Crippen molar-refractivity contribution in [3.63, 3.8) is 0 Å². The lowest BCUT2D eigenvalue weighted by Crippen LogP contribution is -2.15. The molecule has 0 radical (unpaired) electrons. The van der Waals surface area contributed by atoms with Gasteiger partial charge < -0.3 is 10.1 Å². The Kier molecular flexibility index (Phi) is 3.66. The lowest BCUT2D eigenvalue weighted by atomic mass is 10.2. The Hall–Kier alpha value is -2.92. The normalized spacial score (nSPS) is 13.6. The minimum atomic E-state index is -0.293. The number of amides is 1. The molecule has 1 aliphatic carbocycles. The average molecular weight is 353 g/mol. The maximum Gasteiger partial charge on any atom is 0.258 e. The Morgan fingerprint density at radius 3 is 2.96 bits per heavy atom. The Bertz CT molecular complexity index is 1030. The molecule has 0 bridgehead atoms. The zero-order valence-electron chi connectivity index (χ0n) is 13.7. The van der Waals surface area contributed by atoms with Crippen molar-refractivity contribution < 1.29 is 9.53 Å². The fourth-order valence-electron chi connectivity index (χ4n) is 2.69. The van der Waals surface area contributed by atoms with Crippen LogP contribution >= 0.6 is 11.3 Å². The number of benzene rings is 1. The highest BCUT2D eigenvalue weighted by atomic mass is 32.1. The van der Waals surface area contributed by atoms with Gasteiger partial charge in [-0.1, -0.05) is 0 Å². The highest BCUT2D eigenvalue weighted by molar-refractivity contribution is 7.19. The van der Waals surface area contributed by atoms with Crippen LogP contribution in [-0.2, 0) is 7.05 Å². The van der Waals surface area contributed by atoms with Crippen LogP contribution in [0.25, 0.3) is 10.2 Å². The molecule has 1 amide bonds. The van der Waals surface area contributed by atoms with Crippen LogP contribution in [0.5, 0.6) is 5.75 Å². The van der Waals surface area contributed by atoms with Gasteiger partial charge in [0.05, 0.1) is 28.6 Å². The van der Waals surface area contributed by atoms with Crippen LogP contribution in [0.15, 0.2) is 18.3 Å². The molecule has 0 aliphatic heterocycles. The molecule has 1 aromatic carbocycles. The van der Waals surface area contributed by atoms with Crippen LogP contribution in [-0.4, -0.2) is 27.8 Å². The minimum absolute atomic E-state index is 0.293. The van der Waals surface area contributed by atoms with Crippen molar-refractivity contribution in [2.24, 2.45) is 7.05 Å². The number of thiazole rings is 1. The van der Waals surface area contributed by atoms with Gasteiger partial charge in [-0.3, -0.25) is 9.48 Å². The van der Waals surface area contributed by atoms with E-state index >= 15 is 0 Å². The summed E-state index contributed by atoms with van der Waals surface area (Å²) < 4.78 is 7.67. The molecule has 8 heteroatoms. The van der Waals surface area contributed by atoms with Gasteiger partial charge in [-0.2, -0.15) is 10.4 Å². The van der Waals surface area contributed by atoms with Gasteiger partial charge in [-0.25, -0.2) is 4.98 Å². The molecule has 25 heavy (non-hydrogen) atoms. The predicted octanol–water partition coefficient (Wildman–Crippen LogP) is 3.04. The molecular formula is C17H15N5O2S. The first-order valence-electron chi connectivity index (χ1n) is 7.83. The number of fused-ring (bicyclic) bond motifs is 1. The second-order valence-corrected chi connectivity index (χ2v) is 6.95. The number of nitrogens with one attached hydrogen (secondary N) is 1. The number of aryl methyl sites for hydroxylation is 1. The van der Waals surface area contributed by atoms with E-state index in [-0.39, 0.29) is 5.91 Å². The summed E-state index contributed by atoms with van der Waals surface area (Å²) in [6.45, 7) is 0. The van der Waals surface area contributed by atoms with E-state index in [2.05, 4.69) is 15.4 Å². The van der Waals surface area contributed by atoms with Gasteiger partial charge >= 0.3 is 0 Å². The Morgan fingerprint density at radius 1 is 1.48 bits per heavy atom. The summed E-state index contributed by atoms with van der Waals surface area (Å²) in [4.78, 5) is 17.5. The molecule has 0 unspecified atom stereocenters. The van der Waals surface area contributed by atoms with E-state index in [0.717, 1.165) is 22.5 Å². The number of nitrogens with zero attached hydrogens (tertiary/aromatic N) is 4. The molecule has 2 heterocycles. The lowest BCUT2D eigenvalue weighted by Gasteiger charge is -2.08. The SMILES string of the molecule is COc1ccc(C(=O)Nc2c(C#N)cnn2C)c2sc(C3CC3)nc12. The van der Waals surface area contributed by atoms with Gasteiger partial charge in [-0.05, 0) is 25.0 Å². The van der Waals surface area contributed by atoms with E-state index in [1.54, 1.807) is 26.3 Å². The summed E-state index contributed by atoms with van der Waals surface area (Å²) in [5.74, 6) is 1.25. The summed E-state index contributed by atoms with van der Waals surface area (Å²) in [7, 11) is 3.28. The van der Waals surface area contributed by atoms with E-state index in [1.165, 1.54) is 22.2 Å². The molecule has 7 nitrogen and oxygen atoms in total. The number of carbonyl (C=O) groups excluding carboxylic acids is 1. The number of methoxy groups -OCH3 is 1. The first-order chi connectivity index (χ1) is 12.1. The second kappa shape index (κ2) is 5.86. The van der Waals surface area contributed by atoms with Gasteiger partial charge in [0.1, 0.15) is 28.7 Å². The van der Waals surface area contributed by atoms with Crippen LogP contribution in [0.2, 0.25) is 0 Å². The van der Waals surface area contributed by atoms with E-state index in [0.29, 0.717) is 34.1 Å². The van der Waals surface area contributed by atoms with Crippen LogP contribution in [0.1, 0.15) is 39.7 Å². The van der Waals surface area contributed by atoms with Crippen molar-refractivity contribution in [1.29, 1.82) is 5.26 Å².